The molecule has 2 aliphatic rings. The number of likely N-dealkylation sites (tertiary alicyclic amines) is 1. The van der Waals surface area contributed by atoms with Crippen molar-refractivity contribution in [2.45, 2.75) is 49.0 Å². The largest absolute Gasteiger partial charge is 0.487 e. The number of nitrogens with one attached hydrogen (secondary N) is 3. The number of carbonyl (C=O) groups is 3. The molecule has 1 aromatic heterocycles. The van der Waals surface area contributed by atoms with Crippen molar-refractivity contribution < 1.29 is 53.9 Å². The molecule has 0 saturated carbocycles. The zero-order valence-corrected chi connectivity index (χ0v) is 23.1. The van der Waals surface area contributed by atoms with Gasteiger partial charge < -0.3 is 24.8 Å². The molecule has 4 rings (SSSR count). The number of ether oxygens (including phenoxy) is 1. The highest BCUT2D eigenvalue weighted by Crippen LogP contribution is 2.40. The van der Waals surface area contributed by atoms with E-state index in [1.807, 2.05) is 0 Å². The first-order valence-electron chi connectivity index (χ1n) is 12.0. The SMILES string of the molecule is C[C@@H](NC(=O)C(=O)N1CC[C@@H]2NS(=O)(=O)c3c(c(C(=O)Nc4ccc(F)c(C(F)F)c4)n(C)c3Cl)OCC21)C(F)(F)F. The van der Waals surface area contributed by atoms with Crippen molar-refractivity contribution in [1.29, 1.82) is 0 Å². The molecule has 1 aromatic carbocycles. The fourth-order valence-electron chi connectivity index (χ4n) is 4.55. The fourth-order valence-corrected chi connectivity index (χ4v) is 6.58. The second-order valence-electron chi connectivity index (χ2n) is 9.48. The summed E-state index contributed by atoms with van der Waals surface area (Å²) in [4.78, 5) is 38.4. The molecule has 3 amide bonds. The van der Waals surface area contributed by atoms with Crippen LogP contribution in [-0.2, 0) is 26.7 Å². The summed E-state index contributed by atoms with van der Waals surface area (Å²) >= 11 is 6.25. The van der Waals surface area contributed by atoms with E-state index in [0.717, 1.165) is 15.5 Å². The van der Waals surface area contributed by atoms with Gasteiger partial charge in [-0.3, -0.25) is 14.4 Å². The molecule has 230 valence electrons. The first-order chi connectivity index (χ1) is 19.4. The molecular formula is C23H22ClF6N5O6S. The van der Waals surface area contributed by atoms with Crippen molar-refractivity contribution in [1.82, 2.24) is 19.5 Å². The van der Waals surface area contributed by atoms with Crippen molar-refractivity contribution in [2.75, 3.05) is 18.5 Å². The Morgan fingerprint density at radius 3 is 2.50 bits per heavy atom. The number of alkyl halides is 5. The van der Waals surface area contributed by atoms with E-state index >= 15 is 0 Å². The monoisotopic (exact) mass is 645 g/mol. The number of fused-ring (bicyclic) bond motifs is 2. The fraction of sp³-hybridized carbons (Fsp3) is 0.435. The lowest BCUT2D eigenvalue weighted by molar-refractivity contribution is -0.162. The van der Waals surface area contributed by atoms with E-state index in [1.54, 1.807) is 5.32 Å². The molecule has 3 atom stereocenters. The molecule has 0 bridgehead atoms. The van der Waals surface area contributed by atoms with Crippen molar-refractivity contribution in [2.24, 2.45) is 7.05 Å². The van der Waals surface area contributed by atoms with Gasteiger partial charge in [-0.15, -0.1) is 0 Å². The van der Waals surface area contributed by atoms with E-state index in [2.05, 4.69) is 10.0 Å². The quantitative estimate of drug-likeness (QED) is 0.345. The second-order valence-corrected chi connectivity index (χ2v) is 11.5. The first kappa shape index (κ1) is 31.4. The minimum absolute atomic E-state index is 0.0364. The van der Waals surface area contributed by atoms with Crippen LogP contribution in [0.1, 0.15) is 35.8 Å². The molecule has 42 heavy (non-hydrogen) atoms. The van der Waals surface area contributed by atoms with Crippen LogP contribution in [0.5, 0.6) is 5.75 Å². The molecule has 1 saturated heterocycles. The summed E-state index contributed by atoms with van der Waals surface area (Å²) in [5, 5.41) is 3.32. The zero-order chi connectivity index (χ0) is 31.3. The lowest BCUT2D eigenvalue weighted by Gasteiger charge is -2.30. The Balaban J connectivity index is 1.64. The number of benzene rings is 1. The van der Waals surface area contributed by atoms with Gasteiger partial charge in [-0.2, -0.15) is 13.2 Å². The van der Waals surface area contributed by atoms with Gasteiger partial charge in [-0.25, -0.2) is 26.3 Å². The van der Waals surface area contributed by atoms with E-state index < -0.39 is 98.0 Å². The second kappa shape index (κ2) is 11.3. The molecule has 1 fully saturated rings. The molecule has 0 spiro atoms. The maximum absolute atomic E-state index is 13.7. The minimum atomic E-state index is -4.82. The molecule has 3 heterocycles. The molecule has 19 heteroatoms. The average Bonchev–Trinajstić information content (AvgIpc) is 3.38. The Morgan fingerprint density at radius 1 is 1.21 bits per heavy atom. The highest BCUT2D eigenvalue weighted by atomic mass is 35.5. The van der Waals surface area contributed by atoms with Gasteiger partial charge >= 0.3 is 18.0 Å². The highest BCUT2D eigenvalue weighted by Gasteiger charge is 2.47. The third-order valence-corrected chi connectivity index (χ3v) is 8.84. The van der Waals surface area contributed by atoms with Gasteiger partial charge in [0.15, 0.2) is 16.3 Å². The zero-order valence-electron chi connectivity index (χ0n) is 21.6. The van der Waals surface area contributed by atoms with Crippen LogP contribution in [0, 0.1) is 5.82 Å². The summed E-state index contributed by atoms with van der Waals surface area (Å²) in [5.41, 5.74) is -1.75. The Hall–Kier alpha value is -3.51. The van der Waals surface area contributed by atoms with Crippen molar-refractivity contribution >= 4 is 45.0 Å². The predicted octanol–water partition coefficient (Wildman–Crippen LogP) is 2.71. The van der Waals surface area contributed by atoms with E-state index in [9.17, 15) is 49.1 Å². The van der Waals surface area contributed by atoms with E-state index in [4.69, 9.17) is 16.3 Å². The lowest BCUT2D eigenvalue weighted by Crippen LogP contribution is -2.55. The lowest BCUT2D eigenvalue weighted by atomic mass is 10.1. The minimum Gasteiger partial charge on any atom is -0.487 e. The first-order valence-corrected chi connectivity index (χ1v) is 13.9. The van der Waals surface area contributed by atoms with E-state index in [-0.39, 0.29) is 18.7 Å². The molecular weight excluding hydrogens is 624 g/mol. The molecule has 1 unspecified atom stereocenters. The number of rotatable bonds is 4. The van der Waals surface area contributed by atoms with Crippen molar-refractivity contribution in [3.63, 3.8) is 0 Å². The van der Waals surface area contributed by atoms with Crippen LogP contribution >= 0.6 is 11.6 Å². The third-order valence-electron chi connectivity index (χ3n) is 6.76. The van der Waals surface area contributed by atoms with E-state index in [1.165, 1.54) is 7.05 Å². The smallest absolute Gasteiger partial charge is 0.408 e. The summed E-state index contributed by atoms with van der Waals surface area (Å²) in [5.74, 6) is -5.83. The van der Waals surface area contributed by atoms with Crippen LogP contribution in [0.4, 0.5) is 32.0 Å². The van der Waals surface area contributed by atoms with Crippen LogP contribution in [0.3, 0.4) is 0 Å². The number of aromatic nitrogens is 1. The van der Waals surface area contributed by atoms with Gasteiger partial charge in [0.05, 0.1) is 11.6 Å². The summed E-state index contributed by atoms with van der Waals surface area (Å²) in [6, 6.07) is -2.20. The standard InChI is InChI=1S/C23H22ClF6N5O6S/c1-9(23(28,29)30)31-21(37)22(38)35-6-5-13-14(35)8-41-16-15(34(2)18(24)17(16)42(39,40)33-13)20(36)32-10-3-4-12(25)11(7-10)19(26)27/h3-4,7,9,13-14,19,33H,5-6,8H2,1-2H3,(H,31,37)(H,32,36)/t9-,13+,14?/m1/s1. The molecule has 11 nitrogen and oxygen atoms in total. The number of hydrogen-bond acceptors (Lipinski definition) is 6. The van der Waals surface area contributed by atoms with Crippen LogP contribution in [0.2, 0.25) is 5.15 Å². The number of halogens is 7. The van der Waals surface area contributed by atoms with Crippen LogP contribution in [-0.4, -0.2) is 73.1 Å². The Bertz CT molecular complexity index is 1550. The summed E-state index contributed by atoms with van der Waals surface area (Å²) in [6.45, 7) is -0.108. The van der Waals surface area contributed by atoms with Crippen LogP contribution in [0.25, 0.3) is 0 Å². The number of sulfonamides is 1. The molecule has 2 aromatic rings. The van der Waals surface area contributed by atoms with Gasteiger partial charge in [-0.05, 0) is 31.5 Å². The van der Waals surface area contributed by atoms with Gasteiger partial charge in [0.1, 0.15) is 23.6 Å². The Labute approximate surface area is 239 Å². The van der Waals surface area contributed by atoms with Gasteiger partial charge in [-0.1, -0.05) is 11.6 Å². The summed E-state index contributed by atoms with van der Waals surface area (Å²) in [7, 11) is -3.36. The molecule has 0 aliphatic carbocycles. The van der Waals surface area contributed by atoms with Crippen LogP contribution in [0.15, 0.2) is 23.1 Å². The number of amides is 3. The molecule has 0 radical (unpaired) electrons. The number of nitrogens with zero attached hydrogens (tertiary/aromatic N) is 2. The summed E-state index contributed by atoms with van der Waals surface area (Å²) < 4.78 is 114. The van der Waals surface area contributed by atoms with Gasteiger partial charge in [0.2, 0.25) is 10.0 Å². The average molecular weight is 646 g/mol. The maximum atomic E-state index is 13.7. The van der Waals surface area contributed by atoms with Gasteiger partial charge in [0.25, 0.3) is 12.3 Å². The normalized spacial score (nSPS) is 20.6. The molecule has 2 aliphatic heterocycles. The van der Waals surface area contributed by atoms with E-state index in [0.29, 0.717) is 19.1 Å². The van der Waals surface area contributed by atoms with Crippen molar-refractivity contribution in [3.8, 4) is 5.75 Å². The summed E-state index contributed by atoms with van der Waals surface area (Å²) in [6.07, 6.45) is -8.06. The topological polar surface area (TPSA) is 139 Å². The Morgan fingerprint density at radius 2 is 1.88 bits per heavy atom. The highest BCUT2D eigenvalue weighted by molar-refractivity contribution is 7.89. The molecule has 3 N–H and O–H groups in total. The number of anilines is 1. The van der Waals surface area contributed by atoms with Gasteiger partial charge in [0, 0.05) is 25.3 Å². The Kier molecular flexibility index (Phi) is 8.45. The number of carbonyl (C=O) groups excluding carboxylic acids is 3. The van der Waals surface area contributed by atoms with Crippen molar-refractivity contribution in [3.05, 3.63) is 40.4 Å². The number of hydrogen-bond donors (Lipinski definition) is 3. The third kappa shape index (κ3) is 5.87. The maximum Gasteiger partial charge on any atom is 0.408 e. The van der Waals surface area contributed by atoms with Crippen LogP contribution < -0.4 is 20.1 Å². The predicted molar refractivity (Wildman–Crippen MR) is 133 cm³/mol.